The molecule has 6 rings (SSSR count). The van der Waals surface area contributed by atoms with Gasteiger partial charge in [-0.25, -0.2) is 4.79 Å². The standard InChI is InChI=1S/C32H41N3O5/c1-24(36)34-18-13-26(14-19-34)30(37)33-17-8-20-35-21-15-25(16-22-35)29(23-35)40-31(38)32(39,27-9-4-2-5-10-27)28-11-6-3-7-12-28/h2-7,9-12,25-26,29,39H,8,13-23H2,1H3/p+1. The summed E-state index contributed by atoms with van der Waals surface area (Å²) in [6, 6.07) is 18.1. The van der Waals surface area contributed by atoms with E-state index in [0.29, 0.717) is 36.7 Å². The van der Waals surface area contributed by atoms with Gasteiger partial charge in [0.2, 0.25) is 17.4 Å². The van der Waals surface area contributed by atoms with Crippen molar-refractivity contribution in [1.82, 2.24) is 10.2 Å². The third kappa shape index (κ3) is 5.93. The Bertz CT molecular complexity index is 1130. The lowest BCUT2D eigenvalue weighted by molar-refractivity contribution is -0.946. The predicted octanol–water partition coefficient (Wildman–Crippen LogP) is 2.84. The van der Waals surface area contributed by atoms with Gasteiger partial charge in [-0.05, 0) is 24.0 Å². The van der Waals surface area contributed by atoms with Gasteiger partial charge in [-0.1, -0.05) is 60.7 Å². The highest BCUT2D eigenvalue weighted by Gasteiger charge is 2.50. The smallest absolute Gasteiger partial charge is 0.348 e. The number of aliphatic hydroxyl groups is 1. The van der Waals surface area contributed by atoms with E-state index in [0.717, 1.165) is 62.8 Å². The van der Waals surface area contributed by atoms with Gasteiger partial charge in [-0.3, -0.25) is 9.59 Å². The Morgan fingerprint density at radius 1 is 0.950 bits per heavy atom. The van der Waals surface area contributed by atoms with E-state index >= 15 is 0 Å². The van der Waals surface area contributed by atoms with Crippen LogP contribution in [0.1, 0.15) is 50.2 Å². The van der Waals surface area contributed by atoms with Crippen molar-refractivity contribution in [2.75, 3.05) is 45.8 Å². The molecular weight excluding hydrogens is 506 g/mol. The number of likely N-dealkylation sites (tertiary alicyclic amines) is 1. The zero-order valence-corrected chi connectivity index (χ0v) is 23.5. The van der Waals surface area contributed by atoms with Gasteiger partial charge in [0.15, 0.2) is 6.10 Å². The molecule has 4 fully saturated rings. The van der Waals surface area contributed by atoms with E-state index in [-0.39, 0.29) is 23.8 Å². The highest BCUT2D eigenvalue weighted by molar-refractivity contribution is 5.85. The molecule has 8 heteroatoms. The lowest BCUT2D eigenvalue weighted by Crippen LogP contribution is -2.65. The molecule has 4 heterocycles. The van der Waals surface area contributed by atoms with Gasteiger partial charge in [-0.2, -0.15) is 0 Å². The Kier molecular flexibility index (Phi) is 8.57. The molecule has 8 nitrogen and oxygen atoms in total. The summed E-state index contributed by atoms with van der Waals surface area (Å²) in [5, 5.41) is 14.9. The number of carbonyl (C=O) groups excluding carboxylic acids is 3. The highest BCUT2D eigenvalue weighted by Crippen LogP contribution is 2.38. The number of carbonyl (C=O) groups is 3. The van der Waals surface area contributed by atoms with E-state index < -0.39 is 11.6 Å². The topological polar surface area (TPSA) is 95.9 Å². The Morgan fingerprint density at radius 3 is 2.08 bits per heavy atom. The first-order chi connectivity index (χ1) is 19.3. The second kappa shape index (κ2) is 12.1. The number of nitrogens with one attached hydrogen (secondary N) is 1. The maximum absolute atomic E-state index is 13.7. The van der Waals surface area contributed by atoms with Crippen molar-refractivity contribution in [3.8, 4) is 0 Å². The molecule has 4 aliphatic rings. The first-order valence-corrected chi connectivity index (χ1v) is 14.7. The normalized spacial score (nSPS) is 24.9. The van der Waals surface area contributed by atoms with Crippen LogP contribution >= 0.6 is 0 Å². The van der Waals surface area contributed by atoms with E-state index in [1.54, 1.807) is 31.2 Å². The van der Waals surface area contributed by atoms with Crippen LogP contribution in [0.5, 0.6) is 0 Å². The third-order valence-corrected chi connectivity index (χ3v) is 9.40. The van der Waals surface area contributed by atoms with E-state index in [9.17, 15) is 19.5 Å². The number of rotatable bonds is 9. The average molecular weight is 549 g/mol. The van der Waals surface area contributed by atoms with Crippen molar-refractivity contribution in [1.29, 1.82) is 0 Å². The number of fused-ring (bicyclic) bond motifs is 3. The summed E-state index contributed by atoms with van der Waals surface area (Å²) < 4.78 is 7.06. The van der Waals surface area contributed by atoms with Crippen LogP contribution in [0.25, 0.3) is 0 Å². The van der Waals surface area contributed by atoms with E-state index in [1.165, 1.54) is 0 Å². The summed E-state index contributed by atoms with van der Waals surface area (Å²) in [5.74, 6) is -0.171. The Labute approximate surface area is 236 Å². The van der Waals surface area contributed by atoms with Gasteiger partial charge in [0.05, 0.1) is 19.6 Å². The number of benzene rings is 2. The average Bonchev–Trinajstić information content (AvgIpc) is 3.00. The molecule has 4 saturated heterocycles. The first-order valence-electron chi connectivity index (χ1n) is 14.7. The van der Waals surface area contributed by atoms with Gasteiger partial charge >= 0.3 is 5.97 Å². The minimum absolute atomic E-state index is 0.0230. The van der Waals surface area contributed by atoms with Crippen molar-refractivity contribution >= 4 is 17.8 Å². The highest BCUT2D eigenvalue weighted by atomic mass is 16.6. The largest absolute Gasteiger partial charge is 0.453 e. The number of quaternary nitrogens is 1. The van der Waals surface area contributed by atoms with Gasteiger partial charge in [-0.15, -0.1) is 0 Å². The molecule has 2 bridgehead atoms. The van der Waals surface area contributed by atoms with E-state index in [1.807, 2.05) is 41.3 Å². The number of nitrogens with zero attached hydrogens (tertiary/aromatic N) is 2. The molecule has 2 aromatic rings. The Morgan fingerprint density at radius 2 is 1.52 bits per heavy atom. The van der Waals surface area contributed by atoms with Crippen LogP contribution in [0.2, 0.25) is 0 Å². The summed E-state index contributed by atoms with van der Waals surface area (Å²) in [4.78, 5) is 39.7. The van der Waals surface area contributed by atoms with Crippen LogP contribution in [0.15, 0.2) is 60.7 Å². The summed E-state index contributed by atoms with van der Waals surface area (Å²) in [6.07, 6.45) is 4.05. The van der Waals surface area contributed by atoms with Crippen LogP contribution in [0.4, 0.5) is 0 Å². The molecule has 0 radical (unpaired) electrons. The molecular formula is C32H42N3O5+. The fraction of sp³-hybridized carbons (Fsp3) is 0.531. The second-order valence-electron chi connectivity index (χ2n) is 11.8. The summed E-state index contributed by atoms with van der Waals surface area (Å²) in [5.41, 5.74) is -0.873. The second-order valence-corrected chi connectivity index (χ2v) is 11.8. The number of hydrogen-bond donors (Lipinski definition) is 2. The molecule has 1 unspecified atom stereocenters. The molecule has 40 heavy (non-hydrogen) atoms. The fourth-order valence-electron chi connectivity index (χ4n) is 6.88. The molecule has 2 N–H and O–H groups in total. The van der Waals surface area contributed by atoms with Gasteiger partial charge < -0.3 is 24.5 Å². The molecule has 4 aliphatic heterocycles. The zero-order chi connectivity index (χ0) is 28.2. The molecule has 1 atom stereocenters. The van der Waals surface area contributed by atoms with Crippen molar-refractivity contribution in [2.24, 2.45) is 11.8 Å². The molecule has 0 saturated carbocycles. The quantitative estimate of drug-likeness (QED) is 0.286. The van der Waals surface area contributed by atoms with Crippen LogP contribution in [0.3, 0.4) is 0 Å². The molecule has 2 amide bonds. The molecule has 0 aliphatic carbocycles. The number of esters is 1. The van der Waals surface area contributed by atoms with Crippen molar-refractivity contribution in [3.63, 3.8) is 0 Å². The van der Waals surface area contributed by atoms with Crippen molar-refractivity contribution in [3.05, 3.63) is 71.8 Å². The first kappa shape index (κ1) is 28.3. The molecule has 0 spiro atoms. The third-order valence-electron chi connectivity index (χ3n) is 9.40. The monoisotopic (exact) mass is 548 g/mol. The van der Waals surface area contributed by atoms with Gasteiger partial charge in [0.25, 0.3) is 0 Å². The number of amides is 2. The van der Waals surface area contributed by atoms with Crippen LogP contribution in [-0.4, -0.2) is 84.2 Å². The van der Waals surface area contributed by atoms with E-state index in [2.05, 4.69) is 5.32 Å². The summed E-state index contributed by atoms with van der Waals surface area (Å²) in [6.45, 7) is 7.28. The Hall–Kier alpha value is -3.23. The zero-order valence-electron chi connectivity index (χ0n) is 23.5. The van der Waals surface area contributed by atoms with Crippen molar-refractivity contribution < 1.29 is 28.7 Å². The number of hydrogen-bond acceptors (Lipinski definition) is 5. The lowest BCUT2D eigenvalue weighted by atomic mass is 9.82. The number of piperidine rings is 4. The predicted molar refractivity (Wildman–Crippen MR) is 151 cm³/mol. The summed E-state index contributed by atoms with van der Waals surface area (Å²) in [7, 11) is 0. The number of ether oxygens (including phenoxy) is 1. The van der Waals surface area contributed by atoms with Crippen molar-refractivity contribution in [2.45, 2.75) is 50.7 Å². The molecule has 214 valence electrons. The minimum Gasteiger partial charge on any atom is -0.453 e. The SMILES string of the molecule is CC(=O)N1CCC(C(=O)NCCC[N+]23CCC(CC2)C(OC(=O)C(O)(c2ccccc2)c2ccccc2)C3)CC1. The molecule has 2 aromatic carbocycles. The molecule has 0 aromatic heterocycles. The lowest BCUT2D eigenvalue weighted by Gasteiger charge is -2.52. The fourth-order valence-corrected chi connectivity index (χ4v) is 6.88. The van der Waals surface area contributed by atoms with Crippen LogP contribution < -0.4 is 5.32 Å². The summed E-state index contributed by atoms with van der Waals surface area (Å²) >= 11 is 0. The van der Waals surface area contributed by atoms with Crippen LogP contribution in [0, 0.1) is 11.8 Å². The maximum Gasteiger partial charge on any atom is 0.348 e. The van der Waals surface area contributed by atoms with E-state index in [4.69, 9.17) is 4.74 Å². The Balaban J connectivity index is 1.17. The van der Waals surface area contributed by atoms with Gasteiger partial charge in [0, 0.05) is 57.7 Å². The van der Waals surface area contributed by atoms with Gasteiger partial charge in [0.1, 0.15) is 6.54 Å². The maximum atomic E-state index is 13.7. The van der Waals surface area contributed by atoms with Crippen LogP contribution in [-0.2, 0) is 24.7 Å². The minimum atomic E-state index is -1.87.